The van der Waals surface area contributed by atoms with Gasteiger partial charge < -0.3 is 5.32 Å². The number of nitrogens with one attached hydrogen (secondary N) is 2. The van der Waals surface area contributed by atoms with Crippen LogP contribution in [0.25, 0.3) is 0 Å². The van der Waals surface area contributed by atoms with Gasteiger partial charge in [-0.15, -0.1) is 0 Å². The molecule has 1 aromatic carbocycles. The molecule has 0 saturated heterocycles. The molecule has 6 heteroatoms. The van der Waals surface area contributed by atoms with Gasteiger partial charge in [0.1, 0.15) is 0 Å². The third-order valence-electron chi connectivity index (χ3n) is 4.07. The van der Waals surface area contributed by atoms with E-state index in [2.05, 4.69) is 10.0 Å². The molecule has 2 rings (SSSR count). The van der Waals surface area contributed by atoms with Gasteiger partial charge in [-0.2, -0.15) is 0 Å². The lowest BCUT2D eigenvalue weighted by Gasteiger charge is -2.21. The summed E-state index contributed by atoms with van der Waals surface area (Å²) >= 11 is 0. The maximum Gasteiger partial charge on any atom is 0.251 e. The lowest BCUT2D eigenvalue weighted by atomic mass is 9.89. The SMILES string of the molecule is CC(C)NS(=O)(=O)c1cccc(C(=O)NCC2CCCCC2)c1. The highest BCUT2D eigenvalue weighted by Crippen LogP contribution is 2.22. The highest BCUT2D eigenvalue weighted by Gasteiger charge is 2.18. The molecule has 1 fully saturated rings. The van der Waals surface area contributed by atoms with Crippen molar-refractivity contribution >= 4 is 15.9 Å². The molecule has 5 nitrogen and oxygen atoms in total. The van der Waals surface area contributed by atoms with E-state index in [0.717, 1.165) is 12.8 Å². The summed E-state index contributed by atoms with van der Waals surface area (Å²) in [7, 11) is -3.58. The Hall–Kier alpha value is -1.40. The van der Waals surface area contributed by atoms with Gasteiger partial charge in [-0.3, -0.25) is 4.79 Å². The summed E-state index contributed by atoms with van der Waals surface area (Å²) in [5, 5.41) is 2.93. The standard InChI is InChI=1S/C17H26N2O3S/c1-13(2)19-23(21,22)16-10-6-9-15(11-16)17(20)18-12-14-7-4-3-5-8-14/h6,9-11,13-14,19H,3-5,7-8,12H2,1-2H3,(H,18,20). The summed E-state index contributed by atoms with van der Waals surface area (Å²) in [6, 6.07) is 5.99. The quantitative estimate of drug-likeness (QED) is 0.837. The van der Waals surface area contributed by atoms with Crippen LogP contribution in [-0.4, -0.2) is 26.9 Å². The predicted molar refractivity (Wildman–Crippen MR) is 90.8 cm³/mol. The van der Waals surface area contributed by atoms with E-state index in [9.17, 15) is 13.2 Å². The fourth-order valence-corrected chi connectivity index (χ4v) is 4.21. The minimum atomic E-state index is -3.58. The smallest absolute Gasteiger partial charge is 0.251 e. The number of rotatable bonds is 6. The van der Waals surface area contributed by atoms with E-state index in [4.69, 9.17) is 0 Å². The summed E-state index contributed by atoms with van der Waals surface area (Å²) in [6.07, 6.45) is 6.07. The first-order chi connectivity index (χ1) is 10.9. The predicted octanol–water partition coefficient (Wildman–Crippen LogP) is 2.68. The summed E-state index contributed by atoms with van der Waals surface area (Å²) < 4.78 is 26.9. The maximum absolute atomic E-state index is 12.3. The number of carbonyl (C=O) groups excluding carboxylic acids is 1. The van der Waals surface area contributed by atoms with E-state index in [0.29, 0.717) is 18.0 Å². The Morgan fingerprint density at radius 3 is 2.57 bits per heavy atom. The zero-order chi connectivity index (χ0) is 16.9. The van der Waals surface area contributed by atoms with Crippen molar-refractivity contribution < 1.29 is 13.2 Å². The van der Waals surface area contributed by atoms with Gasteiger partial charge in [-0.1, -0.05) is 25.3 Å². The van der Waals surface area contributed by atoms with Gasteiger partial charge in [-0.05, 0) is 50.8 Å². The van der Waals surface area contributed by atoms with Gasteiger partial charge in [0.05, 0.1) is 4.90 Å². The van der Waals surface area contributed by atoms with Crippen LogP contribution >= 0.6 is 0 Å². The second-order valence-electron chi connectivity index (χ2n) is 6.52. The number of hydrogen-bond donors (Lipinski definition) is 2. The van der Waals surface area contributed by atoms with Crippen molar-refractivity contribution in [3.05, 3.63) is 29.8 Å². The van der Waals surface area contributed by atoms with Crippen molar-refractivity contribution in [2.75, 3.05) is 6.54 Å². The van der Waals surface area contributed by atoms with Gasteiger partial charge in [0.25, 0.3) is 5.91 Å². The minimum Gasteiger partial charge on any atom is -0.352 e. The molecule has 1 aliphatic rings. The Kier molecular flexibility index (Phi) is 6.18. The Morgan fingerprint density at radius 1 is 1.22 bits per heavy atom. The fraction of sp³-hybridized carbons (Fsp3) is 0.588. The van der Waals surface area contributed by atoms with Crippen LogP contribution in [0.4, 0.5) is 0 Å². The summed E-state index contributed by atoms with van der Waals surface area (Å²) in [6.45, 7) is 4.19. The Balaban J connectivity index is 2.02. The van der Waals surface area contributed by atoms with Crippen LogP contribution in [0.15, 0.2) is 29.2 Å². The molecule has 2 N–H and O–H groups in total. The first kappa shape index (κ1) is 17.9. The lowest BCUT2D eigenvalue weighted by Crippen LogP contribution is -2.31. The van der Waals surface area contributed by atoms with Crippen LogP contribution < -0.4 is 10.0 Å². The number of benzene rings is 1. The van der Waals surface area contributed by atoms with Gasteiger partial charge in [-0.25, -0.2) is 13.1 Å². The van der Waals surface area contributed by atoms with Crippen molar-refractivity contribution in [3.8, 4) is 0 Å². The minimum absolute atomic E-state index is 0.122. The molecular weight excluding hydrogens is 312 g/mol. The van der Waals surface area contributed by atoms with E-state index in [1.54, 1.807) is 26.0 Å². The van der Waals surface area contributed by atoms with E-state index in [-0.39, 0.29) is 16.8 Å². The average Bonchev–Trinajstić information content (AvgIpc) is 2.52. The van der Waals surface area contributed by atoms with E-state index < -0.39 is 10.0 Å². The van der Waals surface area contributed by atoms with Crippen LogP contribution in [0.3, 0.4) is 0 Å². The maximum atomic E-state index is 12.3. The summed E-state index contributed by atoms with van der Waals surface area (Å²) in [5.41, 5.74) is 0.382. The third kappa shape index (κ3) is 5.32. The molecule has 0 radical (unpaired) electrons. The molecule has 0 heterocycles. The molecule has 1 saturated carbocycles. The summed E-state index contributed by atoms with van der Waals surface area (Å²) in [5.74, 6) is 0.333. The van der Waals surface area contributed by atoms with Crippen molar-refractivity contribution in [2.24, 2.45) is 5.92 Å². The number of sulfonamides is 1. The second kappa shape index (κ2) is 7.93. The Labute approximate surface area is 138 Å². The van der Waals surface area contributed by atoms with Crippen LogP contribution in [0.5, 0.6) is 0 Å². The van der Waals surface area contributed by atoms with Gasteiger partial charge in [0.15, 0.2) is 0 Å². The molecule has 1 aromatic rings. The summed E-state index contributed by atoms with van der Waals surface area (Å²) in [4.78, 5) is 12.4. The zero-order valence-electron chi connectivity index (χ0n) is 13.8. The van der Waals surface area contributed by atoms with Crippen molar-refractivity contribution in [3.63, 3.8) is 0 Å². The molecule has 0 atom stereocenters. The number of hydrogen-bond acceptors (Lipinski definition) is 3. The lowest BCUT2D eigenvalue weighted by molar-refractivity contribution is 0.0943. The van der Waals surface area contributed by atoms with Crippen molar-refractivity contribution in [1.29, 1.82) is 0 Å². The number of amides is 1. The van der Waals surface area contributed by atoms with Crippen LogP contribution in [0, 0.1) is 5.92 Å². The molecule has 0 bridgehead atoms. The monoisotopic (exact) mass is 338 g/mol. The molecule has 1 aliphatic carbocycles. The fourth-order valence-electron chi connectivity index (χ4n) is 2.91. The molecule has 0 aromatic heterocycles. The highest BCUT2D eigenvalue weighted by atomic mass is 32.2. The molecule has 0 spiro atoms. The number of carbonyl (C=O) groups is 1. The average molecular weight is 338 g/mol. The van der Waals surface area contributed by atoms with Crippen molar-refractivity contribution in [1.82, 2.24) is 10.0 Å². The van der Waals surface area contributed by atoms with Gasteiger partial charge in [0, 0.05) is 18.2 Å². The van der Waals surface area contributed by atoms with Crippen LogP contribution in [0.1, 0.15) is 56.3 Å². The van der Waals surface area contributed by atoms with E-state index in [1.165, 1.54) is 31.4 Å². The normalized spacial score (nSPS) is 16.5. The second-order valence-corrected chi connectivity index (χ2v) is 8.23. The molecule has 23 heavy (non-hydrogen) atoms. The van der Waals surface area contributed by atoms with Crippen molar-refractivity contribution in [2.45, 2.75) is 56.9 Å². The molecule has 1 amide bonds. The molecule has 0 aliphatic heterocycles. The van der Waals surface area contributed by atoms with Gasteiger partial charge >= 0.3 is 0 Å². The molecule has 0 unspecified atom stereocenters. The first-order valence-electron chi connectivity index (χ1n) is 8.29. The van der Waals surface area contributed by atoms with Crippen LogP contribution in [0.2, 0.25) is 0 Å². The van der Waals surface area contributed by atoms with Crippen LogP contribution in [-0.2, 0) is 10.0 Å². The topological polar surface area (TPSA) is 75.3 Å². The highest BCUT2D eigenvalue weighted by molar-refractivity contribution is 7.89. The molecule has 128 valence electrons. The molecular formula is C17H26N2O3S. The Bertz CT molecular complexity index is 635. The Morgan fingerprint density at radius 2 is 1.91 bits per heavy atom. The van der Waals surface area contributed by atoms with E-state index in [1.807, 2.05) is 0 Å². The van der Waals surface area contributed by atoms with Gasteiger partial charge in [0.2, 0.25) is 10.0 Å². The first-order valence-corrected chi connectivity index (χ1v) is 9.77. The largest absolute Gasteiger partial charge is 0.352 e. The van der Waals surface area contributed by atoms with E-state index >= 15 is 0 Å². The third-order valence-corrected chi connectivity index (χ3v) is 5.73. The zero-order valence-corrected chi connectivity index (χ0v) is 14.7.